The molecule has 1 unspecified atom stereocenters. The van der Waals surface area contributed by atoms with Gasteiger partial charge in [0.2, 0.25) is 0 Å². The third kappa shape index (κ3) is 42.1. The molecule has 9 nitrogen and oxygen atoms in total. The number of ether oxygens (including phenoxy) is 2. The van der Waals surface area contributed by atoms with Gasteiger partial charge >= 0.3 is 19.8 Å². The molecular formula is C46H89NO8P+. The Balaban J connectivity index is 4.32. The number of hydrogen-bond donors (Lipinski definition) is 1. The van der Waals surface area contributed by atoms with E-state index >= 15 is 0 Å². The molecule has 0 saturated heterocycles. The smallest absolute Gasteiger partial charge is 0.462 e. The zero-order valence-electron chi connectivity index (χ0n) is 37.1. The second kappa shape index (κ2) is 39.0. The Bertz CT molecular complexity index is 1010. The fourth-order valence-electron chi connectivity index (χ4n) is 6.30. The first kappa shape index (κ1) is 54.5. The van der Waals surface area contributed by atoms with Crippen molar-refractivity contribution >= 4 is 19.8 Å². The number of nitrogens with zero attached hydrogens (tertiary/aromatic N) is 1. The molecule has 0 radical (unpaired) electrons. The second-order valence-corrected chi connectivity index (χ2v) is 18.2. The van der Waals surface area contributed by atoms with Gasteiger partial charge in [-0.3, -0.25) is 18.6 Å². The molecule has 0 aromatic carbocycles. The summed E-state index contributed by atoms with van der Waals surface area (Å²) >= 11 is 0. The van der Waals surface area contributed by atoms with Crippen LogP contribution >= 0.6 is 7.82 Å². The number of unbranched alkanes of at least 4 members (excludes halogenated alkanes) is 24. The number of allylic oxidation sites excluding steroid dienone is 4. The Morgan fingerprint density at radius 1 is 0.536 bits per heavy atom. The van der Waals surface area contributed by atoms with Gasteiger partial charge in [-0.05, 0) is 64.2 Å². The van der Waals surface area contributed by atoms with Crippen LogP contribution in [0.25, 0.3) is 0 Å². The highest BCUT2D eigenvalue weighted by Crippen LogP contribution is 2.43. The molecule has 1 N–H and O–H groups in total. The molecule has 0 aliphatic carbocycles. The van der Waals surface area contributed by atoms with Crippen LogP contribution in [0.1, 0.15) is 206 Å². The van der Waals surface area contributed by atoms with Crippen LogP contribution in [0.5, 0.6) is 0 Å². The summed E-state index contributed by atoms with van der Waals surface area (Å²) in [5, 5.41) is 0. The normalized spacial score (nSPS) is 13.8. The topological polar surface area (TPSA) is 108 Å². The molecule has 56 heavy (non-hydrogen) atoms. The second-order valence-electron chi connectivity index (χ2n) is 16.8. The molecule has 0 aromatic heterocycles. The zero-order valence-corrected chi connectivity index (χ0v) is 38.0. The van der Waals surface area contributed by atoms with Gasteiger partial charge in [-0.1, -0.05) is 154 Å². The third-order valence-corrected chi connectivity index (χ3v) is 10.9. The predicted molar refractivity (Wildman–Crippen MR) is 234 cm³/mol. The molecule has 0 bridgehead atoms. The van der Waals surface area contributed by atoms with Gasteiger partial charge in [0.25, 0.3) is 0 Å². The van der Waals surface area contributed by atoms with E-state index < -0.39 is 26.5 Å². The fourth-order valence-corrected chi connectivity index (χ4v) is 7.04. The molecule has 0 aliphatic heterocycles. The molecule has 0 saturated carbocycles. The minimum Gasteiger partial charge on any atom is -0.462 e. The van der Waals surface area contributed by atoms with Gasteiger partial charge in [0, 0.05) is 12.8 Å². The number of phosphoric ester groups is 1. The van der Waals surface area contributed by atoms with Crippen molar-refractivity contribution < 1.29 is 42.1 Å². The monoisotopic (exact) mass is 815 g/mol. The SMILES string of the molecule is CCCCCC/C=C/CCCCCCCCCCCC(=O)O[C@H](COC(=O)CCCCCCCCC/C=C/CCCCCC)COP(=O)(O)OCC[N+](C)(C)C. The molecule has 2 atom stereocenters. The summed E-state index contributed by atoms with van der Waals surface area (Å²) < 4.78 is 34.3. The maximum atomic E-state index is 12.7. The summed E-state index contributed by atoms with van der Waals surface area (Å²) in [4.78, 5) is 35.4. The largest absolute Gasteiger partial charge is 0.472 e. The molecule has 0 fully saturated rings. The number of rotatable bonds is 42. The van der Waals surface area contributed by atoms with E-state index in [1.54, 1.807) is 0 Å². The molecular weight excluding hydrogens is 725 g/mol. The first-order valence-electron chi connectivity index (χ1n) is 23.1. The van der Waals surface area contributed by atoms with Crippen LogP contribution in [-0.2, 0) is 32.7 Å². The summed E-state index contributed by atoms with van der Waals surface area (Å²) in [5.41, 5.74) is 0. The minimum absolute atomic E-state index is 0.0320. The van der Waals surface area contributed by atoms with Gasteiger partial charge in [-0.2, -0.15) is 0 Å². The van der Waals surface area contributed by atoms with Crippen LogP contribution in [0, 0.1) is 0 Å². The van der Waals surface area contributed by atoms with Crippen molar-refractivity contribution in [2.45, 2.75) is 213 Å². The summed E-state index contributed by atoms with van der Waals surface area (Å²) in [5.74, 6) is -0.800. The first-order valence-corrected chi connectivity index (χ1v) is 24.6. The van der Waals surface area contributed by atoms with Crippen molar-refractivity contribution in [3.05, 3.63) is 24.3 Å². The van der Waals surface area contributed by atoms with Crippen molar-refractivity contribution in [1.82, 2.24) is 0 Å². The average Bonchev–Trinajstić information content (AvgIpc) is 3.15. The van der Waals surface area contributed by atoms with Crippen molar-refractivity contribution in [3.8, 4) is 0 Å². The first-order chi connectivity index (χ1) is 27.0. The van der Waals surface area contributed by atoms with Crippen molar-refractivity contribution in [3.63, 3.8) is 0 Å². The molecule has 0 amide bonds. The van der Waals surface area contributed by atoms with Crippen molar-refractivity contribution in [2.75, 3.05) is 47.5 Å². The van der Waals surface area contributed by atoms with Crippen LogP contribution in [0.15, 0.2) is 24.3 Å². The van der Waals surface area contributed by atoms with Gasteiger partial charge in [-0.25, -0.2) is 4.57 Å². The lowest BCUT2D eigenvalue weighted by molar-refractivity contribution is -0.870. The molecule has 0 heterocycles. The summed E-state index contributed by atoms with van der Waals surface area (Å²) in [6.07, 6.45) is 42.1. The maximum absolute atomic E-state index is 12.7. The van der Waals surface area contributed by atoms with E-state index in [9.17, 15) is 19.0 Å². The fraction of sp³-hybridized carbons (Fsp3) is 0.870. The number of carbonyl (C=O) groups excluding carboxylic acids is 2. The Hall–Kier alpha value is -1.51. The predicted octanol–water partition coefficient (Wildman–Crippen LogP) is 13.1. The quantitative estimate of drug-likeness (QED) is 0.0213. The lowest BCUT2D eigenvalue weighted by Crippen LogP contribution is -2.37. The van der Waals surface area contributed by atoms with Gasteiger partial charge in [-0.15, -0.1) is 0 Å². The Morgan fingerprint density at radius 2 is 0.911 bits per heavy atom. The Labute approximate surface area is 345 Å². The number of carbonyl (C=O) groups is 2. The average molecular weight is 815 g/mol. The third-order valence-electron chi connectivity index (χ3n) is 9.95. The summed E-state index contributed by atoms with van der Waals surface area (Å²) in [6, 6.07) is 0. The molecule has 10 heteroatoms. The van der Waals surface area contributed by atoms with Crippen LogP contribution in [-0.4, -0.2) is 74.9 Å². The highest BCUT2D eigenvalue weighted by atomic mass is 31.2. The summed E-state index contributed by atoms with van der Waals surface area (Å²) in [7, 11) is 1.48. The van der Waals surface area contributed by atoms with E-state index in [4.69, 9.17) is 18.5 Å². The molecule has 0 rings (SSSR count). The van der Waals surface area contributed by atoms with E-state index in [1.807, 2.05) is 21.1 Å². The van der Waals surface area contributed by atoms with E-state index in [0.29, 0.717) is 17.4 Å². The number of quaternary nitrogens is 1. The van der Waals surface area contributed by atoms with Gasteiger partial charge in [0.15, 0.2) is 6.10 Å². The van der Waals surface area contributed by atoms with Gasteiger partial charge < -0.3 is 18.9 Å². The number of phosphoric acid groups is 1. The minimum atomic E-state index is -4.37. The van der Waals surface area contributed by atoms with Crippen LogP contribution in [0.4, 0.5) is 0 Å². The number of esters is 2. The lowest BCUT2D eigenvalue weighted by atomic mass is 10.1. The van der Waals surface area contributed by atoms with E-state index in [2.05, 4.69) is 38.2 Å². The molecule has 0 spiro atoms. The lowest BCUT2D eigenvalue weighted by Gasteiger charge is -2.24. The number of likely N-dealkylation sites (N-methyl/N-ethyl adjacent to an activating group) is 1. The van der Waals surface area contributed by atoms with Crippen LogP contribution in [0.3, 0.4) is 0 Å². The highest BCUT2D eigenvalue weighted by molar-refractivity contribution is 7.47. The van der Waals surface area contributed by atoms with Crippen molar-refractivity contribution in [2.24, 2.45) is 0 Å². The Kier molecular flexibility index (Phi) is 37.9. The standard InChI is InChI=1S/C46H88NO8P/c1-6-8-10-12-14-16-18-20-22-23-25-27-29-31-33-35-37-39-46(49)55-44(43-54-56(50,51)53-41-40-47(3,4)5)42-52-45(48)38-36-34-32-30-28-26-24-21-19-17-15-13-11-9-7-2/h16-19,44H,6-15,20-43H2,1-5H3/p+1/b18-16+,19-17+/t44-/m1/s1. The van der Waals surface area contributed by atoms with E-state index in [1.165, 1.54) is 135 Å². The zero-order chi connectivity index (χ0) is 41.4. The molecule has 0 aliphatic rings. The van der Waals surface area contributed by atoms with Crippen LogP contribution < -0.4 is 0 Å². The van der Waals surface area contributed by atoms with Crippen molar-refractivity contribution in [1.29, 1.82) is 0 Å². The number of hydrogen-bond acceptors (Lipinski definition) is 7. The van der Waals surface area contributed by atoms with Crippen LogP contribution in [0.2, 0.25) is 0 Å². The van der Waals surface area contributed by atoms with E-state index in [-0.39, 0.29) is 32.0 Å². The Morgan fingerprint density at radius 3 is 1.32 bits per heavy atom. The highest BCUT2D eigenvalue weighted by Gasteiger charge is 2.27. The molecule has 330 valence electrons. The van der Waals surface area contributed by atoms with E-state index in [0.717, 1.165) is 38.5 Å². The molecule has 0 aromatic rings. The van der Waals surface area contributed by atoms with Gasteiger partial charge in [0.05, 0.1) is 27.7 Å². The summed E-state index contributed by atoms with van der Waals surface area (Å²) in [6.45, 7) is 4.41. The van der Waals surface area contributed by atoms with Gasteiger partial charge in [0.1, 0.15) is 19.8 Å². The maximum Gasteiger partial charge on any atom is 0.472 e.